The molecular formula is C10H7N5O2S. The second kappa shape index (κ2) is 3.84. The third kappa shape index (κ3) is 1.63. The molecule has 0 radical (unpaired) electrons. The monoisotopic (exact) mass is 261 g/mol. The molecule has 0 aliphatic heterocycles. The number of nitrogens with one attached hydrogen (secondary N) is 1. The Kier molecular flexibility index (Phi) is 2.30. The Morgan fingerprint density at radius 2 is 2.33 bits per heavy atom. The van der Waals surface area contributed by atoms with Crippen molar-refractivity contribution in [3.63, 3.8) is 0 Å². The fourth-order valence-corrected chi connectivity index (χ4v) is 2.17. The first-order valence-corrected chi connectivity index (χ1v) is 5.81. The smallest absolute Gasteiger partial charge is 0.337 e. The van der Waals surface area contributed by atoms with E-state index in [9.17, 15) is 4.79 Å². The van der Waals surface area contributed by atoms with Crippen LogP contribution in [0.3, 0.4) is 0 Å². The van der Waals surface area contributed by atoms with Crippen molar-refractivity contribution in [3.8, 4) is 10.7 Å². The number of nitrogens with zero attached hydrogens (tertiary/aromatic N) is 4. The van der Waals surface area contributed by atoms with E-state index >= 15 is 0 Å². The summed E-state index contributed by atoms with van der Waals surface area (Å²) in [5.74, 6) is -0.413. The van der Waals surface area contributed by atoms with Gasteiger partial charge in [-0.3, -0.25) is 0 Å². The van der Waals surface area contributed by atoms with Gasteiger partial charge in [-0.25, -0.2) is 14.8 Å². The highest BCUT2D eigenvalue weighted by molar-refractivity contribution is 7.09. The molecule has 0 spiro atoms. The van der Waals surface area contributed by atoms with Crippen molar-refractivity contribution in [2.45, 2.75) is 6.92 Å². The van der Waals surface area contributed by atoms with E-state index in [0.29, 0.717) is 17.0 Å². The number of rotatable bonds is 2. The maximum absolute atomic E-state index is 10.8. The summed E-state index contributed by atoms with van der Waals surface area (Å²) in [4.78, 5) is 23.0. The van der Waals surface area contributed by atoms with Crippen LogP contribution in [-0.4, -0.2) is 35.6 Å². The van der Waals surface area contributed by atoms with Gasteiger partial charge in [-0.2, -0.15) is 0 Å². The van der Waals surface area contributed by atoms with Gasteiger partial charge in [0.05, 0.1) is 16.8 Å². The zero-order valence-corrected chi connectivity index (χ0v) is 10.0. The number of fused-ring (bicyclic) bond motifs is 1. The average molecular weight is 261 g/mol. The van der Waals surface area contributed by atoms with Crippen LogP contribution in [0.25, 0.3) is 21.9 Å². The van der Waals surface area contributed by atoms with Gasteiger partial charge in [0, 0.05) is 6.20 Å². The van der Waals surface area contributed by atoms with Gasteiger partial charge in [0.2, 0.25) is 0 Å². The van der Waals surface area contributed by atoms with Crippen LogP contribution in [0.1, 0.15) is 16.1 Å². The van der Waals surface area contributed by atoms with Crippen LogP contribution in [0.5, 0.6) is 0 Å². The van der Waals surface area contributed by atoms with E-state index in [2.05, 4.69) is 24.5 Å². The molecule has 3 rings (SSSR count). The van der Waals surface area contributed by atoms with Crippen molar-refractivity contribution >= 4 is 28.7 Å². The van der Waals surface area contributed by atoms with Gasteiger partial charge in [-0.05, 0) is 24.5 Å². The highest BCUT2D eigenvalue weighted by Gasteiger charge is 2.13. The Morgan fingerprint density at radius 1 is 1.50 bits per heavy atom. The van der Waals surface area contributed by atoms with Gasteiger partial charge >= 0.3 is 5.97 Å². The molecule has 2 N–H and O–H groups in total. The summed E-state index contributed by atoms with van der Waals surface area (Å²) in [5.41, 5.74) is 1.95. The van der Waals surface area contributed by atoms with Crippen LogP contribution in [0.15, 0.2) is 12.3 Å². The number of hydrogen-bond donors (Lipinski definition) is 2. The van der Waals surface area contributed by atoms with Gasteiger partial charge in [0.25, 0.3) is 0 Å². The maximum atomic E-state index is 10.8. The molecule has 0 saturated carbocycles. The van der Waals surface area contributed by atoms with E-state index in [4.69, 9.17) is 5.11 Å². The Morgan fingerprint density at radius 3 is 3.00 bits per heavy atom. The molecule has 0 aromatic carbocycles. The van der Waals surface area contributed by atoms with E-state index in [1.54, 1.807) is 0 Å². The summed E-state index contributed by atoms with van der Waals surface area (Å²) in [6.45, 7) is 1.84. The van der Waals surface area contributed by atoms with Gasteiger partial charge < -0.3 is 10.1 Å². The van der Waals surface area contributed by atoms with E-state index in [0.717, 1.165) is 10.6 Å². The topological polar surface area (TPSA) is 105 Å². The normalized spacial score (nSPS) is 10.9. The third-order valence-corrected chi connectivity index (χ3v) is 3.29. The predicted octanol–water partition coefficient (Wildman–Crippen LogP) is 1.48. The number of pyridine rings is 1. The van der Waals surface area contributed by atoms with Crippen LogP contribution in [-0.2, 0) is 0 Å². The first kappa shape index (κ1) is 10.8. The average Bonchev–Trinajstić information content (AvgIpc) is 2.92. The van der Waals surface area contributed by atoms with Gasteiger partial charge in [-0.15, -0.1) is 5.10 Å². The van der Waals surface area contributed by atoms with Crippen LogP contribution >= 0.6 is 11.5 Å². The lowest BCUT2D eigenvalue weighted by Gasteiger charge is -1.91. The molecule has 0 saturated heterocycles. The Balaban J connectivity index is 2.17. The number of aromatic amines is 1. The fraction of sp³-hybridized carbons (Fsp3) is 0.100. The number of carbonyl (C=O) groups is 1. The molecule has 3 aromatic heterocycles. The van der Waals surface area contributed by atoms with Crippen molar-refractivity contribution in [2.75, 3.05) is 0 Å². The summed E-state index contributed by atoms with van der Waals surface area (Å²) in [6.07, 6.45) is 1.28. The largest absolute Gasteiger partial charge is 0.478 e. The second-order valence-electron chi connectivity index (χ2n) is 3.67. The standard InChI is InChI=1S/C10H7N5O2S/c1-4-7(18-15-14-4)9-12-6-2-5(10(16)17)3-11-8(6)13-9/h2-3H,1H3,(H,16,17)(H,11,12,13). The van der Waals surface area contributed by atoms with E-state index in [1.165, 1.54) is 23.8 Å². The van der Waals surface area contributed by atoms with Crippen molar-refractivity contribution < 1.29 is 9.90 Å². The van der Waals surface area contributed by atoms with E-state index in [1.807, 2.05) is 6.92 Å². The summed E-state index contributed by atoms with van der Waals surface area (Å²) in [6, 6.07) is 1.50. The first-order chi connectivity index (χ1) is 8.65. The zero-order chi connectivity index (χ0) is 12.7. The lowest BCUT2D eigenvalue weighted by Crippen LogP contribution is -1.96. The summed E-state index contributed by atoms with van der Waals surface area (Å²) < 4.78 is 3.83. The zero-order valence-electron chi connectivity index (χ0n) is 9.21. The lowest BCUT2D eigenvalue weighted by molar-refractivity contribution is 0.0696. The van der Waals surface area contributed by atoms with E-state index in [-0.39, 0.29) is 5.56 Å². The molecule has 90 valence electrons. The predicted molar refractivity (Wildman–Crippen MR) is 64.5 cm³/mol. The number of hydrogen-bond acceptors (Lipinski definition) is 6. The molecular weight excluding hydrogens is 254 g/mol. The van der Waals surface area contributed by atoms with Gasteiger partial charge in [0.15, 0.2) is 11.5 Å². The number of carboxylic acids is 1. The Hall–Kier alpha value is -2.35. The molecule has 0 atom stereocenters. The summed E-state index contributed by atoms with van der Waals surface area (Å²) >= 11 is 1.23. The minimum absolute atomic E-state index is 0.122. The molecule has 7 nitrogen and oxygen atoms in total. The first-order valence-electron chi connectivity index (χ1n) is 5.03. The highest BCUT2D eigenvalue weighted by Crippen LogP contribution is 2.24. The summed E-state index contributed by atoms with van der Waals surface area (Å²) in [7, 11) is 0. The third-order valence-electron chi connectivity index (χ3n) is 2.45. The van der Waals surface area contributed by atoms with Crippen LogP contribution < -0.4 is 0 Å². The Bertz CT molecular complexity index is 748. The van der Waals surface area contributed by atoms with Crippen LogP contribution in [0, 0.1) is 6.92 Å². The molecule has 18 heavy (non-hydrogen) atoms. The highest BCUT2D eigenvalue weighted by atomic mass is 32.1. The molecule has 3 heterocycles. The molecule has 0 aliphatic carbocycles. The van der Waals surface area contributed by atoms with Crippen molar-refractivity contribution in [1.82, 2.24) is 24.5 Å². The van der Waals surface area contributed by atoms with Crippen molar-refractivity contribution in [1.29, 1.82) is 0 Å². The quantitative estimate of drug-likeness (QED) is 0.724. The molecule has 8 heteroatoms. The van der Waals surface area contributed by atoms with Gasteiger partial charge in [-0.1, -0.05) is 4.49 Å². The van der Waals surface area contributed by atoms with Crippen molar-refractivity contribution in [3.05, 3.63) is 23.5 Å². The minimum Gasteiger partial charge on any atom is -0.478 e. The molecule has 0 unspecified atom stereocenters. The number of aryl methyl sites for hydroxylation is 1. The number of aromatic nitrogens is 5. The lowest BCUT2D eigenvalue weighted by atomic mass is 10.3. The Labute approximate surface area is 105 Å². The minimum atomic E-state index is -1.02. The number of aromatic carboxylic acids is 1. The number of H-pyrrole nitrogens is 1. The van der Waals surface area contributed by atoms with E-state index < -0.39 is 5.97 Å². The summed E-state index contributed by atoms with van der Waals surface area (Å²) in [5, 5.41) is 12.8. The fourth-order valence-electron chi connectivity index (χ4n) is 1.57. The second-order valence-corrected chi connectivity index (χ2v) is 4.43. The molecule has 0 amide bonds. The molecule has 0 bridgehead atoms. The van der Waals surface area contributed by atoms with Crippen LogP contribution in [0.2, 0.25) is 0 Å². The van der Waals surface area contributed by atoms with Crippen LogP contribution in [0.4, 0.5) is 0 Å². The van der Waals surface area contributed by atoms with Crippen molar-refractivity contribution in [2.24, 2.45) is 0 Å². The SMILES string of the molecule is Cc1nnsc1-c1nc2ncc(C(=O)O)cc2[nH]1. The number of imidazole rings is 1. The van der Waals surface area contributed by atoms with Gasteiger partial charge in [0.1, 0.15) is 4.88 Å². The maximum Gasteiger partial charge on any atom is 0.337 e. The molecule has 0 aliphatic rings. The number of carboxylic acid groups (broad SMARTS) is 1. The molecule has 0 fully saturated rings. The molecule has 3 aromatic rings.